The molecule has 1 aromatic rings. The average Bonchev–Trinajstić information content (AvgIpc) is 2.87. The van der Waals surface area contributed by atoms with Gasteiger partial charge in [-0.1, -0.05) is 40.5 Å². The van der Waals surface area contributed by atoms with Crippen molar-refractivity contribution < 1.29 is 4.79 Å². The summed E-state index contributed by atoms with van der Waals surface area (Å²) in [6, 6.07) is 0.313. The van der Waals surface area contributed by atoms with Gasteiger partial charge in [-0.3, -0.25) is 9.89 Å². The molecule has 2 atom stereocenters. The summed E-state index contributed by atoms with van der Waals surface area (Å²) in [5, 5.41) is 6.98. The number of carbonyl (C=O) groups is 1. The van der Waals surface area contributed by atoms with Gasteiger partial charge in [-0.05, 0) is 18.8 Å². The monoisotopic (exact) mass is 278 g/mol. The van der Waals surface area contributed by atoms with E-state index < -0.39 is 0 Å². The van der Waals surface area contributed by atoms with Crippen LogP contribution in [0.3, 0.4) is 0 Å². The molecule has 112 valence electrons. The number of rotatable bonds is 2. The van der Waals surface area contributed by atoms with Gasteiger partial charge in [0.1, 0.15) is 5.82 Å². The summed E-state index contributed by atoms with van der Waals surface area (Å²) < 4.78 is 0. The topological polar surface area (TPSA) is 61.9 Å². The van der Waals surface area contributed by atoms with Gasteiger partial charge in [0.2, 0.25) is 5.82 Å². The molecule has 1 N–H and O–H groups in total. The fraction of sp³-hybridized carbons (Fsp3) is 0.800. The molecule has 5 heteroatoms. The molecule has 1 heterocycles. The smallest absolute Gasteiger partial charge is 0.293 e. The number of hydrogen-bond donors (Lipinski definition) is 1. The lowest BCUT2D eigenvalue weighted by molar-refractivity contribution is 0.0617. The second-order valence-electron chi connectivity index (χ2n) is 7.00. The van der Waals surface area contributed by atoms with Crippen molar-refractivity contribution in [1.82, 2.24) is 20.1 Å². The maximum absolute atomic E-state index is 12.5. The normalized spacial score (nSPS) is 23.6. The number of aromatic amines is 1. The summed E-state index contributed by atoms with van der Waals surface area (Å²) in [5.41, 5.74) is -0.123. The Morgan fingerprint density at radius 2 is 1.95 bits per heavy atom. The molecule has 0 spiro atoms. The molecule has 1 aromatic heterocycles. The van der Waals surface area contributed by atoms with Crippen LogP contribution < -0.4 is 0 Å². The summed E-state index contributed by atoms with van der Waals surface area (Å²) in [4.78, 5) is 18.7. The Morgan fingerprint density at radius 3 is 2.50 bits per heavy atom. The van der Waals surface area contributed by atoms with Crippen LogP contribution in [0.4, 0.5) is 0 Å². The van der Waals surface area contributed by atoms with Crippen LogP contribution in [0.2, 0.25) is 0 Å². The van der Waals surface area contributed by atoms with Crippen LogP contribution in [0.15, 0.2) is 0 Å². The molecule has 0 radical (unpaired) electrons. The number of amides is 1. The van der Waals surface area contributed by atoms with Gasteiger partial charge in [0.15, 0.2) is 0 Å². The average molecular weight is 278 g/mol. The van der Waals surface area contributed by atoms with Crippen molar-refractivity contribution in [3.05, 3.63) is 11.6 Å². The summed E-state index contributed by atoms with van der Waals surface area (Å²) in [6.07, 6.45) is 4.76. The zero-order valence-corrected chi connectivity index (χ0v) is 13.2. The highest BCUT2D eigenvalue weighted by molar-refractivity contribution is 5.90. The molecule has 1 fully saturated rings. The maximum atomic E-state index is 12.5. The number of nitrogens with zero attached hydrogens (tertiary/aromatic N) is 3. The third-order valence-corrected chi connectivity index (χ3v) is 4.27. The van der Waals surface area contributed by atoms with Crippen molar-refractivity contribution in [2.45, 2.75) is 64.8 Å². The minimum absolute atomic E-state index is 0.0736. The molecule has 0 saturated heterocycles. The van der Waals surface area contributed by atoms with Crippen molar-refractivity contribution >= 4 is 5.91 Å². The van der Waals surface area contributed by atoms with E-state index in [1.165, 1.54) is 19.3 Å². The molecule has 0 aromatic carbocycles. The van der Waals surface area contributed by atoms with E-state index >= 15 is 0 Å². The fourth-order valence-electron chi connectivity index (χ4n) is 2.87. The predicted molar refractivity (Wildman–Crippen MR) is 78.6 cm³/mol. The molecule has 1 saturated carbocycles. The second kappa shape index (κ2) is 5.54. The van der Waals surface area contributed by atoms with Gasteiger partial charge in [-0.2, -0.15) is 0 Å². The van der Waals surface area contributed by atoms with E-state index in [0.29, 0.717) is 12.0 Å². The molecule has 0 bridgehead atoms. The molecule has 2 rings (SSSR count). The Kier molecular flexibility index (Phi) is 4.16. The van der Waals surface area contributed by atoms with E-state index in [0.717, 1.165) is 12.2 Å². The quantitative estimate of drug-likeness (QED) is 0.904. The molecule has 1 amide bonds. The Bertz CT molecular complexity index is 474. The first kappa shape index (κ1) is 15.0. The van der Waals surface area contributed by atoms with Crippen molar-refractivity contribution in [3.8, 4) is 0 Å². The molecule has 1 aliphatic rings. The van der Waals surface area contributed by atoms with Gasteiger partial charge in [0.05, 0.1) is 0 Å². The van der Waals surface area contributed by atoms with Crippen LogP contribution >= 0.6 is 0 Å². The summed E-state index contributed by atoms with van der Waals surface area (Å²) in [5.74, 6) is 1.52. The van der Waals surface area contributed by atoms with Crippen LogP contribution in [0, 0.1) is 5.92 Å². The lowest BCUT2D eigenvalue weighted by Crippen LogP contribution is -2.43. The summed E-state index contributed by atoms with van der Waals surface area (Å²) >= 11 is 0. The van der Waals surface area contributed by atoms with Crippen molar-refractivity contribution in [2.24, 2.45) is 5.92 Å². The van der Waals surface area contributed by atoms with Gasteiger partial charge >= 0.3 is 0 Å². The van der Waals surface area contributed by atoms with E-state index in [4.69, 9.17) is 0 Å². The molecular weight excluding hydrogens is 252 g/mol. The highest BCUT2D eigenvalue weighted by Gasteiger charge is 2.30. The fourth-order valence-corrected chi connectivity index (χ4v) is 2.87. The zero-order valence-electron chi connectivity index (χ0n) is 13.2. The van der Waals surface area contributed by atoms with Crippen LogP contribution in [-0.2, 0) is 5.41 Å². The van der Waals surface area contributed by atoms with Crippen molar-refractivity contribution in [1.29, 1.82) is 0 Å². The van der Waals surface area contributed by atoms with Crippen molar-refractivity contribution in [3.63, 3.8) is 0 Å². The lowest BCUT2D eigenvalue weighted by atomic mass is 9.85. The molecule has 1 aliphatic carbocycles. The Hall–Kier alpha value is -1.39. The first-order chi connectivity index (χ1) is 9.30. The lowest BCUT2D eigenvalue weighted by Gasteiger charge is -2.35. The molecular formula is C15H26N4O. The van der Waals surface area contributed by atoms with E-state index in [2.05, 4.69) is 42.9 Å². The van der Waals surface area contributed by atoms with E-state index in [-0.39, 0.29) is 17.1 Å². The Balaban J connectivity index is 2.12. The highest BCUT2D eigenvalue weighted by Crippen LogP contribution is 2.28. The highest BCUT2D eigenvalue weighted by atomic mass is 16.2. The van der Waals surface area contributed by atoms with Gasteiger partial charge in [-0.15, -0.1) is 5.10 Å². The minimum Gasteiger partial charge on any atom is -0.336 e. The first-order valence-corrected chi connectivity index (χ1v) is 7.50. The summed E-state index contributed by atoms with van der Waals surface area (Å²) in [7, 11) is 1.88. The largest absolute Gasteiger partial charge is 0.336 e. The van der Waals surface area contributed by atoms with Gasteiger partial charge < -0.3 is 4.90 Å². The van der Waals surface area contributed by atoms with Gasteiger partial charge in [0, 0.05) is 18.5 Å². The Labute approximate surface area is 121 Å². The predicted octanol–water partition coefficient (Wildman–Crippen LogP) is 2.75. The molecule has 5 nitrogen and oxygen atoms in total. The number of nitrogens with one attached hydrogen (secondary N) is 1. The third-order valence-electron chi connectivity index (χ3n) is 4.27. The van der Waals surface area contributed by atoms with Crippen LogP contribution in [0.5, 0.6) is 0 Å². The van der Waals surface area contributed by atoms with Crippen LogP contribution in [-0.4, -0.2) is 39.1 Å². The third kappa shape index (κ3) is 3.02. The molecule has 2 unspecified atom stereocenters. The number of carbonyl (C=O) groups excluding carboxylic acids is 1. The van der Waals surface area contributed by atoms with Crippen LogP contribution in [0.25, 0.3) is 0 Å². The summed E-state index contributed by atoms with van der Waals surface area (Å²) in [6.45, 7) is 8.38. The van der Waals surface area contributed by atoms with E-state index in [1.54, 1.807) is 0 Å². The first-order valence-electron chi connectivity index (χ1n) is 7.50. The standard InChI is InChI=1S/C15H26N4O/c1-10-8-6-7-9-11(10)19(5)13(20)12-16-14(18-17-12)15(2,3)4/h10-11H,6-9H2,1-5H3,(H,16,17,18). The number of H-pyrrole nitrogens is 1. The Morgan fingerprint density at radius 1 is 1.30 bits per heavy atom. The second-order valence-corrected chi connectivity index (χ2v) is 7.00. The van der Waals surface area contributed by atoms with Crippen LogP contribution in [0.1, 0.15) is 69.8 Å². The number of hydrogen-bond acceptors (Lipinski definition) is 3. The minimum atomic E-state index is -0.123. The molecule has 0 aliphatic heterocycles. The number of aromatic nitrogens is 3. The molecule has 20 heavy (non-hydrogen) atoms. The van der Waals surface area contributed by atoms with E-state index in [1.807, 2.05) is 11.9 Å². The van der Waals surface area contributed by atoms with Gasteiger partial charge in [-0.25, -0.2) is 4.98 Å². The van der Waals surface area contributed by atoms with Gasteiger partial charge in [0.25, 0.3) is 5.91 Å². The van der Waals surface area contributed by atoms with Crippen molar-refractivity contribution in [2.75, 3.05) is 7.05 Å². The SMILES string of the molecule is CC1CCCCC1N(C)C(=O)c1n[nH]c(C(C)(C)C)n1. The zero-order chi connectivity index (χ0) is 14.9. The van der Waals surface area contributed by atoms with E-state index in [9.17, 15) is 4.79 Å². The maximum Gasteiger partial charge on any atom is 0.293 e.